The lowest BCUT2D eigenvalue weighted by molar-refractivity contribution is -0.116. The topological polar surface area (TPSA) is 67.4 Å². The zero-order chi connectivity index (χ0) is 16.6. The molecule has 1 aromatic rings. The van der Waals surface area contributed by atoms with E-state index in [0.717, 1.165) is 24.9 Å². The maximum atomic E-state index is 11.7. The number of hydrogen-bond donors (Lipinski definition) is 2. The first-order valence-electron chi connectivity index (χ1n) is 7.70. The standard InChI is InChI=1S/C17H26N2O3/c1-5-6-7-8-15(20)18-13-9-11-14(12-10-13)19-16(21)22-17(2,3)4/h9-12H,5-8H2,1-4H3,(H,18,20)(H,19,21). The van der Waals surface area contributed by atoms with Crippen LogP contribution in [-0.2, 0) is 9.53 Å². The molecular weight excluding hydrogens is 280 g/mol. The Morgan fingerprint density at radius 1 is 1.00 bits per heavy atom. The van der Waals surface area contributed by atoms with Crippen LogP contribution >= 0.6 is 0 Å². The predicted molar refractivity (Wildman–Crippen MR) is 89.1 cm³/mol. The van der Waals surface area contributed by atoms with Crippen LogP contribution in [0.15, 0.2) is 24.3 Å². The van der Waals surface area contributed by atoms with Gasteiger partial charge >= 0.3 is 6.09 Å². The van der Waals surface area contributed by atoms with E-state index in [4.69, 9.17) is 4.74 Å². The van der Waals surface area contributed by atoms with Crippen molar-refractivity contribution in [2.75, 3.05) is 10.6 Å². The Kier molecular flexibility index (Phi) is 6.89. The number of amides is 2. The molecule has 0 atom stereocenters. The van der Waals surface area contributed by atoms with E-state index in [2.05, 4.69) is 17.6 Å². The van der Waals surface area contributed by atoms with Gasteiger partial charge in [0.15, 0.2) is 0 Å². The Hall–Kier alpha value is -2.04. The number of benzene rings is 1. The molecule has 1 rings (SSSR count). The highest BCUT2D eigenvalue weighted by Gasteiger charge is 2.16. The monoisotopic (exact) mass is 306 g/mol. The summed E-state index contributed by atoms with van der Waals surface area (Å²) in [5.74, 6) is 0.0151. The first-order chi connectivity index (χ1) is 10.3. The van der Waals surface area contributed by atoms with Gasteiger partial charge in [-0.05, 0) is 51.5 Å². The summed E-state index contributed by atoms with van der Waals surface area (Å²) in [7, 11) is 0. The molecule has 0 saturated carbocycles. The number of nitrogens with one attached hydrogen (secondary N) is 2. The fourth-order valence-corrected chi connectivity index (χ4v) is 1.82. The zero-order valence-corrected chi connectivity index (χ0v) is 13.9. The molecule has 0 unspecified atom stereocenters. The van der Waals surface area contributed by atoms with Crippen LogP contribution in [0.3, 0.4) is 0 Å². The molecule has 0 radical (unpaired) electrons. The summed E-state index contributed by atoms with van der Waals surface area (Å²) in [6.45, 7) is 7.53. The van der Waals surface area contributed by atoms with Gasteiger partial charge in [0, 0.05) is 17.8 Å². The number of carbonyl (C=O) groups excluding carboxylic acids is 2. The van der Waals surface area contributed by atoms with Crippen LogP contribution in [0.2, 0.25) is 0 Å². The SMILES string of the molecule is CCCCCC(=O)Nc1ccc(NC(=O)OC(C)(C)C)cc1. The molecule has 0 aliphatic rings. The Morgan fingerprint density at radius 3 is 2.05 bits per heavy atom. The van der Waals surface area contributed by atoms with Crippen molar-refractivity contribution < 1.29 is 14.3 Å². The van der Waals surface area contributed by atoms with Crippen LogP contribution < -0.4 is 10.6 Å². The van der Waals surface area contributed by atoms with Crippen LogP contribution in [0, 0.1) is 0 Å². The number of rotatable bonds is 6. The molecule has 2 amide bonds. The fourth-order valence-electron chi connectivity index (χ4n) is 1.82. The first kappa shape index (κ1) is 18.0. The normalized spacial score (nSPS) is 10.9. The van der Waals surface area contributed by atoms with E-state index >= 15 is 0 Å². The van der Waals surface area contributed by atoms with Crippen molar-refractivity contribution in [3.05, 3.63) is 24.3 Å². The molecule has 0 saturated heterocycles. The lowest BCUT2D eigenvalue weighted by Gasteiger charge is -2.19. The lowest BCUT2D eigenvalue weighted by atomic mass is 10.2. The average Bonchev–Trinajstić information content (AvgIpc) is 2.39. The van der Waals surface area contributed by atoms with Crippen molar-refractivity contribution in [3.8, 4) is 0 Å². The first-order valence-corrected chi connectivity index (χ1v) is 7.70. The van der Waals surface area contributed by atoms with E-state index in [1.165, 1.54) is 0 Å². The summed E-state index contributed by atoms with van der Waals surface area (Å²) in [5, 5.41) is 5.48. The number of anilines is 2. The number of unbranched alkanes of at least 4 members (excludes halogenated alkanes) is 2. The molecule has 0 heterocycles. The van der Waals surface area contributed by atoms with Gasteiger partial charge in [-0.2, -0.15) is 0 Å². The molecule has 0 bridgehead atoms. The molecule has 5 heteroatoms. The molecule has 1 aromatic carbocycles. The molecule has 0 spiro atoms. The summed E-state index contributed by atoms with van der Waals surface area (Å²) in [6.07, 6.45) is 3.10. The molecule has 122 valence electrons. The van der Waals surface area contributed by atoms with Crippen LogP contribution in [-0.4, -0.2) is 17.6 Å². The number of hydrogen-bond acceptors (Lipinski definition) is 3. The second kappa shape index (κ2) is 8.41. The highest BCUT2D eigenvalue weighted by molar-refractivity contribution is 5.91. The van der Waals surface area contributed by atoms with Crippen LogP contribution in [0.5, 0.6) is 0 Å². The second-order valence-electron chi connectivity index (χ2n) is 6.21. The lowest BCUT2D eigenvalue weighted by Crippen LogP contribution is -2.27. The summed E-state index contributed by atoms with van der Waals surface area (Å²) >= 11 is 0. The fraction of sp³-hybridized carbons (Fsp3) is 0.529. The maximum Gasteiger partial charge on any atom is 0.412 e. The van der Waals surface area contributed by atoms with E-state index in [9.17, 15) is 9.59 Å². The predicted octanol–water partition coefficient (Wildman–Crippen LogP) is 4.55. The summed E-state index contributed by atoms with van der Waals surface area (Å²) in [6, 6.07) is 6.96. The van der Waals surface area contributed by atoms with Crippen LogP contribution in [0.1, 0.15) is 53.4 Å². The van der Waals surface area contributed by atoms with E-state index in [1.807, 2.05) is 20.8 Å². The van der Waals surface area contributed by atoms with Crippen molar-refractivity contribution in [2.45, 2.75) is 59.0 Å². The largest absolute Gasteiger partial charge is 0.444 e. The van der Waals surface area contributed by atoms with Gasteiger partial charge in [-0.15, -0.1) is 0 Å². The summed E-state index contributed by atoms with van der Waals surface area (Å²) in [4.78, 5) is 23.3. The summed E-state index contributed by atoms with van der Waals surface area (Å²) < 4.78 is 5.17. The van der Waals surface area contributed by atoms with Crippen molar-refractivity contribution >= 4 is 23.4 Å². The highest BCUT2D eigenvalue weighted by atomic mass is 16.6. The Morgan fingerprint density at radius 2 is 1.55 bits per heavy atom. The quantitative estimate of drug-likeness (QED) is 0.757. The number of ether oxygens (including phenoxy) is 1. The second-order valence-corrected chi connectivity index (χ2v) is 6.21. The Bertz CT molecular complexity index is 490. The van der Waals surface area contributed by atoms with Crippen molar-refractivity contribution in [1.29, 1.82) is 0 Å². The average molecular weight is 306 g/mol. The molecule has 0 aliphatic carbocycles. The van der Waals surface area contributed by atoms with Gasteiger partial charge < -0.3 is 10.1 Å². The van der Waals surface area contributed by atoms with E-state index in [0.29, 0.717) is 12.1 Å². The molecule has 2 N–H and O–H groups in total. The minimum Gasteiger partial charge on any atom is -0.444 e. The van der Waals surface area contributed by atoms with E-state index in [-0.39, 0.29) is 5.91 Å². The minimum absolute atomic E-state index is 0.0151. The van der Waals surface area contributed by atoms with Crippen LogP contribution in [0.25, 0.3) is 0 Å². The molecular formula is C17H26N2O3. The van der Waals surface area contributed by atoms with E-state index < -0.39 is 11.7 Å². The zero-order valence-electron chi connectivity index (χ0n) is 13.9. The smallest absolute Gasteiger partial charge is 0.412 e. The van der Waals surface area contributed by atoms with Gasteiger partial charge in [0.05, 0.1) is 0 Å². The molecule has 5 nitrogen and oxygen atoms in total. The van der Waals surface area contributed by atoms with Gasteiger partial charge in [0.1, 0.15) is 5.60 Å². The third kappa shape index (κ3) is 7.67. The Labute approximate surface area is 132 Å². The molecule has 0 aliphatic heterocycles. The van der Waals surface area contributed by atoms with Gasteiger partial charge in [0.2, 0.25) is 5.91 Å². The molecule has 22 heavy (non-hydrogen) atoms. The molecule has 0 fully saturated rings. The van der Waals surface area contributed by atoms with Gasteiger partial charge in [-0.1, -0.05) is 19.8 Å². The van der Waals surface area contributed by atoms with Gasteiger partial charge in [-0.3, -0.25) is 10.1 Å². The molecule has 0 aromatic heterocycles. The number of carbonyl (C=O) groups is 2. The van der Waals surface area contributed by atoms with Gasteiger partial charge in [-0.25, -0.2) is 4.79 Å². The van der Waals surface area contributed by atoms with Crippen molar-refractivity contribution in [1.82, 2.24) is 0 Å². The minimum atomic E-state index is -0.531. The van der Waals surface area contributed by atoms with Crippen LogP contribution in [0.4, 0.5) is 16.2 Å². The highest BCUT2D eigenvalue weighted by Crippen LogP contribution is 2.16. The Balaban J connectivity index is 2.46. The van der Waals surface area contributed by atoms with Crippen molar-refractivity contribution in [2.24, 2.45) is 0 Å². The maximum absolute atomic E-state index is 11.7. The third-order valence-electron chi connectivity index (χ3n) is 2.82. The summed E-state index contributed by atoms with van der Waals surface area (Å²) in [5.41, 5.74) is 0.811. The van der Waals surface area contributed by atoms with E-state index in [1.54, 1.807) is 24.3 Å². The van der Waals surface area contributed by atoms with Gasteiger partial charge in [0.25, 0.3) is 0 Å². The van der Waals surface area contributed by atoms with Crippen molar-refractivity contribution in [3.63, 3.8) is 0 Å². The third-order valence-corrected chi connectivity index (χ3v) is 2.82.